The molecule has 2 fully saturated rings. The summed E-state index contributed by atoms with van der Waals surface area (Å²) in [6, 6.07) is 4.00. The second-order valence-corrected chi connectivity index (χ2v) is 10.4. The van der Waals surface area contributed by atoms with E-state index in [-0.39, 0.29) is 38.6 Å². The van der Waals surface area contributed by atoms with Crippen molar-refractivity contribution in [3.8, 4) is 0 Å². The second-order valence-electron chi connectivity index (χ2n) is 7.75. The molecule has 1 saturated heterocycles. The number of amides is 3. The lowest BCUT2D eigenvalue weighted by Crippen LogP contribution is -2.57. The molecule has 3 rings (SSSR count). The summed E-state index contributed by atoms with van der Waals surface area (Å²) in [6.45, 7) is 0.715. The van der Waals surface area contributed by atoms with Gasteiger partial charge in [-0.3, -0.25) is 14.4 Å². The smallest absolute Gasteiger partial charge is 0.312 e. The molecule has 176 valence electrons. The van der Waals surface area contributed by atoms with Gasteiger partial charge >= 0.3 is 11.8 Å². The van der Waals surface area contributed by atoms with Crippen molar-refractivity contribution < 1.29 is 27.2 Å². The first-order valence-corrected chi connectivity index (χ1v) is 13.2. The van der Waals surface area contributed by atoms with Crippen LogP contribution in [-0.4, -0.2) is 86.2 Å². The molecule has 3 amide bonds. The van der Waals surface area contributed by atoms with Crippen molar-refractivity contribution >= 4 is 39.5 Å². The van der Waals surface area contributed by atoms with E-state index in [1.807, 2.05) is 6.26 Å². The maximum atomic E-state index is 14.0. The molecule has 2 aliphatic rings. The topological polar surface area (TPSA) is 116 Å². The highest BCUT2D eigenvalue weighted by Crippen LogP contribution is 2.19. The van der Waals surface area contributed by atoms with E-state index in [0.717, 1.165) is 25.0 Å². The summed E-state index contributed by atoms with van der Waals surface area (Å²) in [5, 5.41) is 2.65. The molecule has 32 heavy (non-hydrogen) atoms. The zero-order valence-electron chi connectivity index (χ0n) is 17.8. The summed E-state index contributed by atoms with van der Waals surface area (Å²) in [6.07, 6.45) is 3.82. The number of nitrogens with one attached hydrogen (secondary N) is 2. The van der Waals surface area contributed by atoms with Crippen LogP contribution in [0.15, 0.2) is 29.2 Å². The fraction of sp³-hybridized carbons (Fsp3) is 0.550. The first kappa shape index (κ1) is 24.5. The Balaban J connectivity index is 1.63. The minimum Gasteiger partial charge on any atom is -0.345 e. The lowest BCUT2D eigenvalue weighted by atomic mass is 10.2. The Morgan fingerprint density at radius 3 is 2.34 bits per heavy atom. The molecule has 1 aromatic carbocycles. The van der Waals surface area contributed by atoms with Gasteiger partial charge in [-0.2, -0.15) is 16.5 Å². The van der Waals surface area contributed by atoms with Crippen molar-refractivity contribution in [3.63, 3.8) is 0 Å². The fourth-order valence-corrected chi connectivity index (χ4v) is 5.12. The van der Waals surface area contributed by atoms with E-state index in [2.05, 4.69) is 10.0 Å². The van der Waals surface area contributed by atoms with Crippen LogP contribution in [0.25, 0.3) is 0 Å². The molecular formula is C20H27FN4O5S2. The summed E-state index contributed by atoms with van der Waals surface area (Å²) in [5.41, 5.74) is 0. The van der Waals surface area contributed by atoms with E-state index in [9.17, 15) is 27.2 Å². The molecule has 1 aliphatic heterocycles. The number of benzene rings is 1. The number of carbonyl (C=O) groups is 3. The first-order valence-electron chi connectivity index (χ1n) is 10.4. The molecular weight excluding hydrogens is 459 g/mol. The van der Waals surface area contributed by atoms with Crippen LogP contribution in [0.4, 0.5) is 4.39 Å². The van der Waals surface area contributed by atoms with Gasteiger partial charge in [0, 0.05) is 32.2 Å². The largest absolute Gasteiger partial charge is 0.345 e. The number of sulfonamides is 1. The van der Waals surface area contributed by atoms with E-state index in [4.69, 9.17) is 0 Å². The molecule has 9 nitrogen and oxygen atoms in total. The van der Waals surface area contributed by atoms with E-state index in [1.54, 1.807) is 0 Å². The molecule has 1 aromatic rings. The molecule has 2 N–H and O–H groups in total. The highest BCUT2D eigenvalue weighted by molar-refractivity contribution is 7.98. The number of nitrogens with zero attached hydrogens (tertiary/aromatic N) is 2. The predicted molar refractivity (Wildman–Crippen MR) is 118 cm³/mol. The van der Waals surface area contributed by atoms with Gasteiger partial charge < -0.3 is 15.1 Å². The number of hydrogen-bond acceptors (Lipinski definition) is 6. The van der Waals surface area contributed by atoms with Crippen LogP contribution < -0.4 is 10.0 Å². The molecule has 0 radical (unpaired) electrons. The maximum Gasteiger partial charge on any atom is 0.312 e. The van der Waals surface area contributed by atoms with Gasteiger partial charge in [-0.15, -0.1) is 0 Å². The van der Waals surface area contributed by atoms with Crippen molar-refractivity contribution in [1.29, 1.82) is 0 Å². The van der Waals surface area contributed by atoms with Crippen LogP contribution in [0.2, 0.25) is 0 Å². The first-order chi connectivity index (χ1) is 15.2. The number of hydrogen-bond donors (Lipinski definition) is 2. The summed E-state index contributed by atoms with van der Waals surface area (Å²) in [5.74, 6) is -2.07. The van der Waals surface area contributed by atoms with Crippen molar-refractivity contribution in [2.75, 3.05) is 38.2 Å². The van der Waals surface area contributed by atoms with Crippen molar-refractivity contribution in [1.82, 2.24) is 19.8 Å². The van der Waals surface area contributed by atoms with Crippen molar-refractivity contribution in [2.45, 2.75) is 36.2 Å². The normalized spacial score (nSPS) is 17.7. The minimum atomic E-state index is -4.24. The van der Waals surface area contributed by atoms with Gasteiger partial charge in [0.2, 0.25) is 15.9 Å². The highest BCUT2D eigenvalue weighted by Gasteiger charge is 2.34. The monoisotopic (exact) mass is 486 g/mol. The lowest BCUT2D eigenvalue weighted by Gasteiger charge is -2.36. The van der Waals surface area contributed by atoms with Gasteiger partial charge in [0.1, 0.15) is 16.8 Å². The number of carbonyl (C=O) groups excluding carboxylic acids is 3. The molecule has 0 bridgehead atoms. The van der Waals surface area contributed by atoms with E-state index < -0.39 is 44.5 Å². The van der Waals surface area contributed by atoms with Crippen molar-refractivity contribution in [2.24, 2.45) is 0 Å². The van der Waals surface area contributed by atoms with Gasteiger partial charge in [-0.1, -0.05) is 12.1 Å². The Bertz CT molecular complexity index is 962. The Kier molecular flexibility index (Phi) is 8.12. The van der Waals surface area contributed by atoms with E-state index in [1.165, 1.54) is 33.7 Å². The summed E-state index contributed by atoms with van der Waals surface area (Å²) >= 11 is 1.46. The van der Waals surface area contributed by atoms with Gasteiger partial charge in [-0.25, -0.2) is 12.8 Å². The molecule has 0 aromatic heterocycles. The molecule has 1 atom stereocenters. The van der Waals surface area contributed by atoms with E-state index >= 15 is 0 Å². The third-order valence-electron chi connectivity index (χ3n) is 5.32. The summed E-state index contributed by atoms with van der Waals surface area (Å²) < 4.78 is 41.8. The zero-order valence-corrected chi connectivity index (χ0v) is 19.4. The molecule has 1 saturated carbocycles. The third-order valence-corrected chi connectivity index (χ3v) is 7.47. The predicted octanol–water partition coefficient (Wildman–Crippen LogP) is 0.175. The van der Waals surface area contributed by atoms with Crippen LogP contribution in [0.3, 0.4) is 0 Å². The minimum absolute atomic E-state index is 0.0778. The number of thioether (sulfide) groups is 1. The van der Waals surface area contributed by atoms with Gasteiger partial charge in [0.15, 0.2) is 0 Å². The molecule has 0 spiro atoms. The number of rotatable bonds is 8. The Morgan fingerprint density at radius 1 is 1.12 bits per heavy atom. The van der Waals surface area contributed by atoms with Crippen LogP contribution in [0.5, 0.6) is 0 Å². The van der Waals surface area contributed by atoms with Crippen LogP contribution in [0, 0.1) is 5.82 Å². The molecule has 12 heteroatoms. The zero-order chi connectivity index (χ0) is 23.3. The van der Waals surface area contributed by atoms with Crippen LogP contribution in [-0.2, 0) is 24.4 Å². The summed E-state index contributed by atoms with van der Waals surface area (Å²) in [4.78, 5) is 39.7. The molecule has 1 heterocycles. The SMILES string of the molecule is CSCCC(NS(=O)(=O)c1ccccc1F)C(=O)N1CCN(C(=O)C(=O)NC2CC2)CC1. The van der Waals surface area contributed by atoms with Gasteiger partial charge in [0.05, 0.1) is 0 Å². The maximum absolute atomic E-state index is 14.0. The van der Waals surface area contributed by atoms with Gasteiger partial charge in [-0.05, 0) is 43.4 Å². The fourth-order valence-electron chi connectivity index (χ4n) is 3.35. The molecule has 1 aliphatic carbocycles. The van der Waals surface area contributed by atoms with Crippen LogP contribution in [0.1, 0.15) is 19.3 Å². The lowest BCUT2D eigenvalue weighted by molar-refractivity contribution is -0.148. The standard InChI is InChI=1S/C20H27FN4O5S2/c1-31-13-8-16(23-32(29,30)17-5-3-2-4-15(17)21)19(27)24-9-11-25(12-10-24)20(28)18(26)22-14-6-7-14/h2-5,14,16,23H,6-13H2,1H3,(H,22,26). The van der Waals surface area contributed by atoms with Gasteiger partial charge in [0.25, 0.3) is 0 Å². The third kappa shape index (κ3) is 6.20. The van der Waals surface area contributed by atoms with Crippen molar-refractivity contribution in [3.05, 3.63) is 30.1 Å². The Labute approximate surface area is 191 Å². The number of piperazine rings is 1. The average molecular weight is 487 g/mol. The quantitative estimate of drug-likeness (QED) is 0.507. The molecule has 1 unspecified atom stereocenters. The van der Waals surface area contributed by atoms with E-state index in [0.29, 0.717) is 5.75 Å². The van der Waals surface area contributed by atoms with Crippen LogP contribution >= 0.6 is 11.8 Å². The average Bonchev–Trinajstić information content (AvgIpc) is 3.59. The number of halogens is 1. The Morgan fingerprint density at radius 2 is 1.75 bits per heavy atom. The highest BCUT2D eigenvalue weighted by atomic mass is 32.2. The second kappa shape index (κ2) is 10.6. The Hall–Kier alpha value is -2.18. The summed E-state index contributed by atoms with van der Waals surface area (Å²) in [7, 11) is -4.24.